The summed E-state index contributed by atoms with van der Waals surface area (Å²) in [6.07, 6.45) is 7.07. The van der Waals surface area contributed by atoms with Gasteiger partial charge in [-0.15, -0.1) is 21.8 Å². The van der Waals surface area contributed by atoms with Gasteiger partial charge in [0.2, 0.25) is 0 Å². The Bertz CT molecular complexity index is 304. The highest BCUT2D eigenvalue weighted by Crippen LogP contribution is 2.51. The second-order valence-corrected chi connectivity index (χ2v) is 4.53. The van der Waals surface area contributed by atoms with Crippen LogP contribution in [0, 0.1) is 5.41 Å². The van der Waals surface area contributed by atoms with Crippen LogP contribution in [0.2, 0.25) is 0 Å². The Hall–Kier alpha value is -0.570. The third-order valence-electron chi connectivity index (χ3n) is 3.06. The molecule has 0 unspecified atom stereocenters. The molecule has 0 aromatic carbocycles. The maximum Gasteiger partial charge on any atom is 0.147 e. The van der Waals surface area contributed by atoms with Gasteiger partial charge in [-0.3, -0.25) is 0 Å². The summed E-state index contributed by atoms with van der Waals surface area (Å²) in [7, 11) is 0. The van der Waals surface area contributed by atoms with Crippen molar-refractivity contribution >= 4 is 11.6 Å². The predicted octanol–water partition coefficient (Wildman–Crippen LogP) is 2.60. The summed E-state index contributed by atoms with van der Waals surface area (Å²) < 4.78 is 2.11. The smallest absolute Gasteiger partial charge is 0.147 e. The van der Waals surface area contributed by atoms with Gasteiger partial charge in [0, 0.05) is 6.54 Å². The van der Waals surface area contributed by atoms with Crippen molar-refractivity contribution in [2.75, 3.05) is 0 Å². The molecule has 0 spiro atoms. The van der Waals surface area contributed by atoms with E-state index in [0.29, 0.717) is 11.3 Å². The summed E-state index contributed by atoms with van der Waals surface area (Å²) in [5.74, 6) is 1.36. The highest BCUT2D eigenvalue weighted by atomic mass is 35.5. The minimum absolute atomic E-state index is 0.461. The van der Waals surface area contributed by atoms with Crippen molar-refractivity contribution in [2.45, 2.75) is 45.0 Å². The van der Waals surface area contributed by atoms with Crippen LogP contribution >= 0.6 is 11.6 Å². The maximum absolute atomic E-state index is 5.78. The number of rotatable bonds is 5. The molecule has 0 radical (unpaired) electrons. The molecule has 0 atom stereocenters. The van der Waals surface area contributed by atoms with E-state index in [2.05, 4.69) is 21.7 Å². The summed E-state index contributed by atoms with van der Waals surface area (Å²) in [6.45, 7) is 3.30. The molecule has 1 aromatic heterocycles. The summed E-state index contributed by atoms with van der Waals surface area (Å²) in [5.41, 5.74) is 0.540. The van der Waals surface area contributed by atoms with E-state index in [1.54, 1.807) is 6.33 Å². The van der Waals surface area contributed by atoms with Gasteiger partial charge >= 0.3 is 0 Å². The maximum atomic E-state index is 5.78. The van der Waals surface area contributed by atoms with Crippen molar-refractivity contribution in [1.29, 1.82) is 0 Å². The van der Waals surface area contributed by atoms with Gasteiger partial charge in [-0.05, 0) is 24.7 Å². The SMILES string of the molecule is CCCC1(Cn2cnnc2CCl)CC1. The Morgan fingerprint density at radius 2 is 2.36 bits per heavy atom. The molecule has 1 aliphatic rings. The molecule has 0 bridgehead atoms. The molecule has 0 N–H and O–H groups in total. The summed E-state index contributed by atoms with van der Waals surface area (Å²) in [6, 6.07) is 0. The quantitative estimate of drug-likeness (QED) is 0.704. The molecule has 0 saturated heterocycles. The van der Waals surface area contributed by atoms with Gasteiger partial charge in [-0.1, -0.05) is 13.3 Å². The van der Waals surface area contributed by atoms with Gasteiger partial charge in [0.15, 0.2) is 0 Å². The first-order valence-corrected chi connectivity index (χ1v) is 5.76. The number of halogens is 1. The second-order valence-electron chi connectivity index (χ2n) is 4.26. The van der Waals surface area contributed by atoms with Crippen molar-refractivity contribution < 1.29 is 0 Å². The molecule has 4 heteroatoms. The zero-order valence-corrected chi connectivity index (χ0v) is 9.30. The zero-order chi connectivity index (χ0) is 10.0. The third kappa shape index (κ3) is 1.92. The average Bonchev–Trinajstić information content (AvgIpc) is 2.79. The minimum atomic E-state index is 0.461. The van der Waals surface area contributed by atoms with E-state index in [4.69, 9.17) is 11.6 Å². The van der Waals surface area contributed by atoms with E-state index in [1.165, 1.54) is 25.7 Å². The van der Waals surface area contributed by atoms with Crippen molar-refractivity contribution in [3.63, 3.8) is 0 Å². The van der Waals surface area contributed by atoms with Gasteiger partial charge in [0.25, 0.3) is 0 Å². The van der Waals surface area contributed by atoms with Crippen LogP contribution in [-0.4, -0.2) is 14.8 Å². The Kier molecular flexibility index (Phi) is 2.77. The Labute approximate surface area is 89.5 Å². The summed E-state index contributed by atoms with van der Waals surface area (Å²) in [4.78, 5) is 0. The molecular weight excluding hydrogens is 198 g/mol. The van der Waals surface area contributed by atoms with Gasteiger partial charge in [-0.25, -0.2) is 0 Å². The molecule has 0 amide bonds. The van der Waals surface area contributed by atoms with E-state index in [1.807, 2.05) is 0 Å². The first-order valence-electron chi connectivity index (χ1n) is 5.22. The normalized spacial score (nSPS) is 18.4. The lowest BCUT2D eigenvalue weighted by molar-refractivity contribution is 0.383. The highest BCUT2D eigenvalue weighted by molar-refractivity contribution is 6.16. The van der Waals surface area contributed by atoms with E-state index in [-0.39, 0.29) is 0 Å². The summed E-state index contributed by atoms with van der Waals surface area (Å²) in [5, 5.41) is 7.88. The molecule has 1 aliphatic carbocycles. The first-order chi connectivity index (χ1) is 6.79. The molecule has 0 aliphatic heterocycles. The number of hydrogen-bond donors (Lipinski definition) is 0. The van der Waals surface area contributed by atoms with E-state index in [0.717, 1.165) is 12.4 Å². The van der Waals surface area contributed by atoms with Gasteiger partial charge in [0.05, 0.1) is 5.88 Å². The van der Waals surface area contributed by atoms with Crippen molar-refractivity contribution in [1.82, 2.24) is 14.8 Å². The minimum Gasteiger partial charge on any atom is -0.316 e. The predicted molar refractivity (Wildman–Crippen MR) is 56.2 cm³/mol. The lowest BCUT2D eigenvalue weighted by atomic mass is 10.0. The van der Waals surface area contributed by atoms with Crippen LogP contribution in [0.25, 0.3) is 0 Å². The van der Waals surface area contributed by atoms with Crippen molar-refractivity contribution in [2.24, 2.45) is 5.41 Å². The molecule has 2 rings (SSSR count). The van der Waals surface area contributed by atoms with Crippen LogP contribution < -0.4 is 0 Å². The topological polar surface area (TPSA) is 30.7 Å². The Balaban J connectivity index is 2.03. The number of hydrogen-bond acceptors (Lipinski definition) is 2. The molecule has 1 fully saturated rings. The molecule has 1 saturated carbocycles. The van der Waals surface area contributed by atoms with E-state index >= 15 is 0 Å². The molecule has 3 nitrogen and oxygen atoms in total. The molecular formula is C10H16ClN3. The monoisotopic (exact) mass is 213 g/mol. The fraction of sp³-hybridized carbons (Fsp3) is 0.800. The van der Waals surface area contributed by atoms with Crippen LogP contribution in [0.5, 0.6) is 0 Å². The largest absolute Gasteiger partial charge is 0.316 e. The van der Waals surface area contributed by atoms with Gasteiger partial charge in [-0.2, -0.15) is 0 Å². The third-order valence-corrected chi connectivity index (χ3v) is 3.30. The van der Waals surface area contributed by atoms with Crippen molar-refractivity contribution in [3.8, 4) is 0 Å². The second kappa shape index (κ2) is 3.89. The van der Waals surface area contributed by atoms with E-state index < -0.39 is 0 Å². The van der Waals surface area contributed by atoms with Gasteiger partial charge in [0.1, 0.15) is 12.2 Å². The average molecular weight is 214 g/mol. The van der Waals surface area contributed by atoms with Crippen molar-refractivity contribution in [3.05, 3.63) is 12.2 Å². The van der Waals surface area contributed by atoms with Crippen LogP contribution in [0.15, 0.2) is 6.33 Å². The van der Waals surface area contributed by atoms with E-state index in [9.17, 15) is 0 Å². The molecule has 78 valence electrons. The fourth-order valence-electron chi connectivity index (χ4n) is 2.07. The fourth-order valence-corrected chi connectivity index (χ4v) is 2.28. The van der Waals surface area contributed by atoms with Crippen LogP contribution in [-0.2, 0) is 12.4 Å². The lowest BCUT2D eigenvalue weighted by Gasteiger charge is -2.15. The highest BCUT2D eigenvalue weighted by Gasteiger charge is 2.41. The number of nitrogens with zero attached hydrogens (tertiary/aromatic N) is 3. The Morgan fingerprint density at radius 3 is 2.93 bits per heavy atom. The zero-order valence-electron chi connectivity index (χ0n) is 8.54. The first kappa shape index (κ1) is 9.97. The number of alkyl halides is 1. The van der Waals surface area contributed by atoms with Crippen LogP contribution in [0.4, 0.5) is 0 Å². The number of aromatic nitrogens is 3. The van der Waals surface area contributed by atoms with Gasteiger partial charge < -0.3 is 4.57 Å². The Morgan fingerprint density at radius 1 is 1.57 bits per heavy atom. The molecule has 1 aromatic rings. The lowest BCUT2D eigenvalue weighted by Crippen LogP contribution is -2.12. The van der Waals surface area contributed by atoms with Crippen LogP contribution in [0.1, 0.15) is 38.4 Å². The molecule has 1 heterocycles. The summed E-state index contributed by atoms with van der Waals surface area (Å²) >= 11 is 5.78. The molecule has 14 heavy (non-hydrogen) atoms. The standard InChI is InChI=1S/C10H16ClN3/c1-2-3-10(4-5-10)7-14-8-12-13-9(14)6-11/h8H,2-7H2,1H3. The van der Waals surface area contributed by atoms with Crippen LogP contribution in [0.3, 0.4) is 0 Å².